The highest BCUT2D eigenvalue weighted by molar-refractivity contribution is 6.17. The van der Waals surface area contributed by atoms with Crippen molar-refractivity contribution >= 4 is 29.4 Å². The molecule has 0 aliphatic rings. The Kier molecular flexibility index (Phi) is 38.2. The predicted octanol–water partition coefficient (Wildman–Crippen LogP) is 0.572. The van der Waals surface area contributed by atoms with E-state index in [4.69, 9.17) is 25.2 Å². The molecule has 0 atom stereocenters. The van der Waals surface area contributed by atoms with E-state index in [0.717, 1.165) is 0 Å². The molecule has 0 saturated heterocycles. The van der Waals surface area contributed by atoms with Gasteiger partial charge in [0.2, 0.25) is 0 Å². The van der Waals surface area contributed by atoms with E-state index in [2.05, 4.69) is 23.2 Å². The van der Waals surface area contributed by atoms with Gasteiger partial charge < -0.3 is 20.4 Å². The van der Waals surface area contributed by atoms with Crippen molar-refractivity contribution < 1.29 is 25.2 Å². The number of aliphatic hydroxyl groups excluding tert-OH is 2. The predicted molar refractivity (Wildman–Crippen MR) is 36.5 cm³/mol. The SMILES string of the molecule is O=C(O)O.OCCl.OCCl. The van der Waals surface area contributed by atoms with E-state index in [1.165, 1.54) is 0 Å². The summed E-state index contributed by atoms with van der Waals surface area (Å²) in [7, 11) is 0. The fourth-order valence-electron chi connectivity index (χ4n) is 0. The molecule has 10 heavy (non-hydrogen) atoms. The molecule has 0 spiro atoms. The van der Waals surface area contributed by atoms with Gasteiger partial charge in [0.25, 0.3) is 0 Å². The second-order valence-electron chi connectivity index (χ2n) is 0.522. The van der Waals surface area contributed by atoms with Crippen LogP contribution in [0.5, 0.6) is 0 Å². The van der Waals surface area contributed by atoms with Crippen molar-refractivity contribution in [1.29, 1.82) is 0 Å². The Morgan fingerprint density at radius 3 is 1.10 bits per heavy atom. The van der Waals surface area contributed by atoms with Gasteiger partial charge in [0.1, 0.15) is 12.1 Å². The molecule has 0 aromatic rings. The maximum atomic E-state index is 8.56. The third-order valence-corrected chi connectivity index (χ3v) is 0. The van der Waals surface area contributed by atoms with Crippen molar-refractivity contribution in [2.24, 2.45) is 0 Å². The summed E-state index contributed by atoms with van der Waals surface area (Å²) in [6.45, 7) is 0. The van der Waals surface area contributed by atoms with Gasteiger partial charge in [-0.15, -0.1) is 0 Å². The molecular weight excluding hydrogens is 187 g/mol. The van der Waals surface area contributed by atoms with Crippen LogP contribution in [0.15, 0.2) is 0 Å². The van der Waals surface area contributed by atoms with Gasteiger partial charge in [-0.1, -0.05) is 23.2 Å². The monoisotopic (exact) mass is 194 g/mol. The molecule has 7 heteroatoms. The van der Waals surface area contributed by atoms with Crippen molar-refractivity contribution in [3.63, 3.8) is 0 Å². The minimum Gasteiger partial charge on any atom is -0.450 e. The second-order valence-corrected chi connectivity index (χ2v) is 1.000. The number of alkyl halides is 2. The minimum atomic E-state index is -1.83. The number of rotatable bonds is 0. The molecule has 0 aromatic carbocycles. The van der Waals surface area contributed by atoms with E-state index in [9.17, 15) is 0 Å². The summed E-state index contributed by atoms with van der Waals surface area (Å²) in [5, 5.41) is 28.6. The third-order valence-electron chi connectivity index (χ3n) is 0. The van der Waals surface area contributed by atoms with Crippen molar-refractivity contribution in [3.8, 4) is 0 Å². The maximum absolute atomic E-state index is 8.56. The normalized spacial score (nSPS) is 6.00. The molecule has 0 aromatic heterocycles. The Hall–Kier alpha value is -0.230. The fraction of sp³-hybridized carbons (Fsp3) is 0.667. The third kappa shape index (κ3) is 6730. The lowest BCUT2D eigenvalue weighted by molar-refractivity contribution is 0.137. The Balaban J connectivity index is -0.0000000750. The average molecular weight is 195 g/mol. The van der Waals surface area contributed by atoms with Crippen LogP contribution in [0.25, 0.3) is 0 Å². The van der Waals surface area contributed by atoms with E-state index >= 15 is 0 Å². The van der Waals surface area contributed by atoms with Crippen LogP contribution in [-0.2, 0) is 0 Å². The van der Waals surface area contributed by atoms with Crippen LogP contribution in [-0.4, -0.2) is 38.7 Å². The molecule has 0 aliphatic heterocycles. The molecule has 0 saturated carbocycles. The second kappa shape index (κ2) is 23.3. The number of hydrogen-bond donors (Lipinski definition) is 4. The Morgan fingerprint density at radius 1 is 1.10 bits per heavy atom. The van der Waals surface area contributed by atoms with Gasteiger partial charge >= 0.3 is 6.16 Å². The average Bonchev–Trinajstić information content (AvgIpc) is 1.65. The molecule has 64 valence electrons. The molecule has 0 bridgehead atoms. The van der Waals surface area contributed by atoms with Crippen LogP contribution >= 0.6 is 23.2 Å². The molecule has 0 aliphatic carbocycles. The highest BCUT2D eigenvalue weighted by atomic mass is 35.5. The highest BCUT2D eigenvalue weighted by Crippen LogP contribution is 1.54. The molecular formula is C3H8Cl2O5. The smallest absolute Gasteiger partial charge is 0.450 e. The zero-order valence-electron chi connectivity index (χ0n) is 4.87. The number of carboxylic acid groups (broad SMARTS) is 2. The van der Waals surface area contributed by atoms with Gasteiger partial charge in [-0.05, 0) is 0 Å². The first-order chi connectivity index (χ1) is 4.56. The zero-order valence-corrected chi connectivity index (χ0v) is 6.38. The van der Waals surface area contributed by atoms with E-state index in [1.54, 1.807) is 0 Å². The van der Waals surface area contributed by atoms with Crippen molar-refractivity contribution in [2.75, 3.05) is 12.1 Å². The summed E-state index contributed by atoms with van der Waals surface area (Å²) in [5.74, 6) is 0. The Bertz CT molecular complexity index is 52.9. The van der Waals surface area contributed by atoms with Gasteiger partial charge in [-0.25, -0.2) is 4.79 Å². The van der Waals surface area contributed by atoms with Crippen molar-refractivity contribution in [2.45, 2.75) is 0 Å². The van der Waals surface area contributed by atoms with Gasteiger partial charge in [-0.3, -0.25) is 0 Å². The lowest BCUT2D eigenvalue weighted by atomic mass is 11.5. The largest absolute Gasteiger partial charge is 0.503 e. The summed E-state index contributed by atoms with van der Waals surface area (Å²) in [6.07, 6.45) is -1.83. The highest BCUT2D eigenvalue weighted by Gasteiger charge is 1.70. The molecule has 0 radical (unpaired) electrons. The maximum Gasteiger partial charge on any atom is 0.503 e. The Labute approximate surface area is 67.4 Å². The minimum absolute atomic E-state index is 0.278. The van der Waals surface area contributed by atoms with Crippen LogP contribution in [0, 0.1) is 0 Å². The number of halogens is 2. The summed E-state index contributed by atoms with van der Waals surface area (Å²) >= 11 is 9.11. The zero-order chi connectivity index (χ0) is 8.99. The summed E-state index contributed by atoms with van der Waals surface area (Å²) in [6, 6.07) is -0.556. The molecule has 4 N–H and O–H groups in total. The van der Waals surface area contributed by atoms with Crippen molar-refractivity contribution in [3.05, 3.63) is 0 Å². The van der Waals surface area contributed by atoms with E-state index in [-0.39, 0.29) is 12.1 Å². The molecule has 0 fully saturated rings. The lowest BCUT2D eigenvalue weighted by Gasteiger charge is -1.60. The first-order valence-electron chi connectivity index (χ1n) is 1.82. The van der Waals surface area contributed by atoms with Gasteiger partial charge in [-0.2, -0.15) is 0 Å². The van der Waals surface area contributed by atoms with E-state index < -0.39 is 6.16 Å². The number of hydrogen-bond acceptors (Lipinski definition) is 3. The first-order valence-corrected chi connectivity index (χ1v) is 2.89. The number of aliphatic hydroxyl groups is 2. The first kappa shape index (κ1) is 16.4. The quantitative estimate of drug-likeness (QED) is 0.423. The lowest BCUT2D eigenvalue weighted by Crippen LogP contribution is -1.81. The summed E-state index contributed by atoms with van der Waals surface area (Å²) in [4.78, 5) is 8.56. The van der Waals surface area contributed by atoms with Crippen molar-refractivity contribution in [1.82, 2.24) is 0 Å². The van der Waals surface area contributed by atoms with Crippen LogP contribution in [0.1, 0.15) is 0 Å². The molecule has 0 rings (SSSR count). The van der Waals surface area contributed by atoms with E-state index in [1.807, 2.05) is 0 Å². The molecule has 0 heterocycles. The topological polar surface area (TPSA) is 98.0 Å². The molecule has 5 nitrogen and oxygen atoms in total. The van der Waals surface area contributed by atoms with Crippen LogP contribution in [0.4, 0.5) is 4.79 Å². The van der Waals surface area contributed by atoms with Crippen LogP contribution in [0.3, 0.4) is 0 Å². The number of carbonyl (C=O) groups is 1. The molecule has 0 amide bonds. The van der Waals surface area contributed by atoms with Gasteiger partial charge in [0.15, 0.2) is 0 Å². The van der Waals surface area contributed by atoms with Crippen LogP contribution in [0.2, 0.25) is 0 Å². The summed E-state index contributed by atoms with van der Waals surface area (Å²) < 4.78 is 0. The van der Waals surface area contributed by atoms with Gasteiger partial charge in [0, 0.05) is 0 Å². The molecule has 0 unspecified atom stereocenters. The standard InChI is InChI=1S/2CH3ClO.CH2O3/c2*2-1-3;2-1(3)4/h2*3H,1H2;(H2,2,3,4). The summed E-state index contributed by atoms with van der Waals surface area (Å²) in [5.41, 5.74) is 0. The van der Waals surface area contributed by atoms with Crippen LogP contribution < -0.4 is 0 Å². The van der Waals surface area contributed by atoms with E-state index in [0.29, 0.717) is 0 Å². The fourth-order valence-corrected chi connectivity index (χ4v) is 0. The van der Waals surface area contributed by atoms with Gasteiger partial charge in [0.05, 0.1) is 0 Å². The Morgan fingerprint density at radius 2 is 1.10 bits per heavy atom.